The summed E-state index contributed by atoms with van der Waals surface area (Å²) in [5, 5.41) is 5.29. The fourth-order valence-corrected chi connectivity index (χ4v) is 3.55. The number of rotatable bonds is 2. The third-order valence-corrected chi connectivity index (χ3v) is 4.76. The molecular formula is C23H20. The molecule has 112 valence electrons. The van der Waals surface area contributed by atoms with Gasteiger partial charge in [-0.2, -0.15) is 0 Å². The molecule has 0 bridgehead atoms. The monoisotopic (exact) mass is 296 g/mol. The van der Waals surface area contributed by atoms with Gasteiger partial charge in [0.2, 0.25) is 0 Å². The van der Waals surface area contributed by atoms with Gasteiger partial charge in [0.25, 0.3) is 0 Å². The molecule has 0 aromatic heterocycles. The Morgan fingerprint density at radius 3 is 2.09 bits per heavy atom. The summed E-state index contributed by atoms with van der Waals surface area (Å²) in [6, 6.07) is 26.5. The second-order valence-electron chi connectivity index (χ2n) is 6.19. The molecule has 0 aliphatic rings. The van der Waals surface area contributed by atoms with Gasteiger partial charge in [-0.25, -0.2) is 0 Å². The topological polar surface area (TPSA) is 0 Å². The summed E-state index contributed by atoms with van der Waals surface area (Å²) in [6.45, 7) is 4.46. The van der Waals surface area contributed by atoms with Crippen molar-refractivity contribution in [3.8, 4) is 11.1 Å². The van der Waals surface area contributed by atoms with Crippen molar-refractivity contribution in [3.63, 3.8) is 0 Å². The van der Waals surface area contributed by atoms with Gasteiger partial charge in [-0.1, -0.05) is 73.7 Å². The summed E-state index contributed by atoms with van der Waals surface area (Å²) in [7, 11) is 0. The maximum atomic E-state index is 2.36. The summed E-state index contributed by atoms with van der Waals surface area (Å²) in [5.41, 5.74) is 5.52. The molecule has 0 N–H and O–H groups in total. The summed E-state index contributed by atoms with van der Waals surface area (Å²) in [5.74, 6) is 0. The quantitative estimate of drug-likeness (QED) is 0.394. The highest BCUT2D eigenvalue weighted by molar-refractivity contribution is 6.01. The summed E-state index contributed by atoms with van der Waals surface area (Å²) in [6.07, 6.45) is 1.04. The minimum Gasteiger partial charge on any atom is -0.0616 e. The molecule has 0 radical (unpaired) electrons. The Bertz CT molecular complexity index is 1010. The van der Waals surface area contributed by atoms with Gasteiger partial charge in [-0.15, -0.1) is 0 Å². The fraction of sp³-hybridized carbons (Fsp3) is 0.130. The Hall–Kier alpha value is -2.60. The van der Waals surface area contributed by atoms with Crippen LogP contribution in [0.25, 0.3) is 32.7 Å². The lowest BCUT2D eigenvalue weighted by atomic mass is 9.88. The van der Waals surface area contributed by atoms with E-state index in [1.54, 1.807) is 0 Å². The van der Waals surface area contributed by atoms with Crippen molar-refractivity contribution in [2.75, 3.05) is 0 Å². The highest BCUT2D eigenvalue weighted by atomic mass is 14.2. The summed E-state index contributed by atoms with van der Waals surface area (Å²) >= 11 is 0. The van der Waals surface area contributed by atoms with Crippen LogP contribution < -0.4 is 0 Å². The van der Waals surface area contributed by atoms with Gasteiger partial charge in [0.05, 0.1) is 0 Å². The van der Waals surface area contributed by atoms with Crippen LogP contribution in [0.5, 0.6) is 0 Å². The number of aryl methyl sites for hydroxylation is 2. The van der Waals surface area contributed by atoms with Crippen LogP contribution in [0.2, 0.25) is 0 Å². The Morgan fingerprint density at radius 2 is 1.35 bits per heavy atom. The Labute approximate surface area is 137 Å². The summed E-state index contributed by atoms with van der Waals surface area (Å²) < 4.78 is 0. The highest BCUT2D eigenvalue weighted by Crippen LogP contribution is 2.36. The zero-order valence-corrected chi connectivity index (χ0v) is 13.6. The second-order valence-corrected chi connectivity index (χ2v) is 6.19. The van der Waals surface area contributed by atoms with Crippen LogP contribution in [0.1, 0.15) is 18.1 Å². The normalized spacial score (nSPS) is 11.2. The molecule has 0 atom stereocenters. The van der Waals surface area contributed by atoms with Crippen LogP contribution in [0.3, 0.4) is 0 Å². The van der Waals surface area contributed by atoms with Crippen molar-refractivity contribution < 1.29 is 0 Å². The molecule has 4 aromatic carbocycles. The van der Waals surface area contributed by atoms with Crippen LogP contribution in [-0.4, -0.2) is 0 Å². The molecule has 0 aliphatic carbocycles. The van der Waals surface area contributed by atoms with E-state index >= 15 is 0 Å². The molecule has 0 heteroatoms. The number of hydrogen-bond acceptors (Lipinski definition) is 0. The maximum Gasteiger partial charge on any atom is -0.00731 e. The average molecular weight is 296 g/mol. The third-order valence-electron chi connectivity index (χ3n) is 4.76. The van der Waals surface area contributed by atoms with Crippen LogP contribution in [0.4, 0.5) is 0 Å². The molecule has 0 fully saturated rings. The van der Waals surface area contributed by atoms with Crippen molar-refractivity contribution in [2.24, 2.45) is 0 Å². The van der Waals surface area contributed by atoms with E-state index < -0.39 is 0 Å². The molecule has 4 rings (SSSR count). The maximum absolute atomic E-state index is 2.36. The molecule has 0 unspecified atom stereocenters. The van der Waals surface area contributed by atoms with Gasteiger partial charge in [0.1, 0.15) is 0 Å². The lowest BCUT2D eigenvalue weighted by Crippen LogP contribution is -1.92. The SMILES string of the molecule is CCc1cc2ccccc2cc1-c1c(C)ccc2ccccc12. The molecular weight excluding hydrogens is 276 g/mol. The Balaban J connectivity index is 2.11. The van der Waals surface area contributed by atoms with E-state index in [0.29, 0.717) is 0 Å². The van der Waals surface area contributed by atoms with Crippen molar-refractivity contribution in [1.82, 2.24) is 0 Å². The molecule has 4 aromatic rings. The summed E-state index contributed by atoms with van der Waals surface area (Å²) in [4.78, 5) is 0. The van der Waals surface area contributed by atoms with E-state index in [2.05, 4.69) is 86.6 Å². The van der Waals surface area contributed by atoms with Gasteiger partial charge in [0.15, 0.2) is 0 Å². The molecule has 0 nitrogen and oxygen atoms in total. The fourth-order valence-electron chi connectivity index (χ4n) is 3.55. The van der Waals surface area contributed by atoms with Crippen molar-refractivity contribution in [2.45, 2.75) is 20.3 Å². The first kappa shape index (κ1) is 14.0. The smallest absolute Gasteiger partial charge is 0.00731 e. The van der Waals surface area contributed by atoms with Crippen LogP contribution >= 0.6 is 0 Å². The standard InChI is InChI=1S/C23H20/c1-3-17-14-19-9-4-5-10-20(19)15-22(17)23-16(2)12-13-18-8-6-7-11-21(18)23/h4-15H,3H2,1-2H3. The Kier molecular flexibility index (Phi) is 3.38. The van der Waals surface area contributed by atoms with Gasteiger partial charge >= 0.3 is 0 Å². The minimum absolute atomic E-state index is 1.04. The van der Waals surface area contributed by atoms with Crippen molar-refractivity contribution in [1.29, 1.82) is 0 Å². The lowest BCUT2D eigenvalue weighted by molar-refractivity contribution is 1.15. The third kappa shape index (κ3) is 2.31. The predicted molar refractivity (Wildman–Crippen MR) is 101 cm³/mol. The van der Waals surface area contributed by atoms with Crippen LogP contribution in [0.15, 0.2) is 72.8 Å². The first-order valence-corrected chi connectivity index (χ1v) is 8.28. The van der Waals surface area contributed by atoms with Crippen LogP contribution in [-0.2, 0) is 6.42 Å². The molecule has 0 aliphatic heterocycles. The van der Waals surface area contributed by atoms with Gasteiger partial charge in [0, 0.05) is 0 Å². The van der Waals surface area contributed by atoms with E-state index in [1.807, 2.05) is 0 Å². The molecule has 0 saturated carbocycles. The molecule has 23 heavy (non-hydrogen) atoms. The first-order chi connectivity index (χ1) is 11.3. The first-order valence-electron chi connectivity index (χ1n) is 8.28. The lowest BCUT2D eigenvalue weighted by Gasteiger charge is -2.16. The molecule has 0 spiro atoms. The highest BCUT2D eigenvalue weighted by Gasteiger charge is 2.12. The second kappa shape index (κ2) is 5.55. The van der Waals surface area contributed by atoms with Gasteiger partial charge < -0.3 is 0 Å². The van der Waals surface area contributed by atoms with Crippen molar-refractivity contribution in [3.05, 3.63) is 83.9 Å². The van der Waals surface area contributed by atoms with E-state index in [4.69, 9.17) is 0 Å². The molecule has 0 heterocycles. The van der Waals surface area contributed by atoms with E-state index in [9.17, 15) is 0 Å². The van der Waals surface area contributed by atoms with E-state index in [0.717, 1.165) is 6.42 Å². The zero-order valence-electron chi connectivity index (χ0n) is 13.6. The average Bonchev–Trinajstić information content (AvgIpc) is 2.60. The predicted octanol–water partition coefficient (Wildman–Crippen LogP) is 6.53. The minimum atomic E-state index is 1.04. The number of hydrogen-bond donors (Lipinski definition) is 0. The van der Waals surface area contributed by atoms with Gasteiger partial charge in [-0.05, 0) is 63.2 Å². The largest absolute Gasteiger partial charge is 0.0616 e. The van der Waals surface area contributed by atoms with Crippen molar-refractivity contribution >= 4 is 21.5 Å². The number of benzene rings is 4. The number of fused-ring (bicyclic) bond motifs is 2. The van der Waals surface area contributed by atoms with Gasteiger partial charge in [-0.3, -0.25) is 0 Å². The Morgan fingerprint density at radius 1 is 0.696 bits per heavy atom. The van der Waals surface area contributed by atoms with Crippen LogP contribution in [0, 0.1) is 6.92 Å². The molecule has 0 saturated heterocycles. The van der Waals surface area contributed by atoms with E-state index in [-0.39, 0.29) is 0 Å². The zero-order chi connectivity index (χ0) is 15.8. The molecule has 0 amide bonds. The van der Waals surface area contributed by atoms with E-state index in [1.165, 1.54) is 43.8 Å².